The van der Waals surface area contributed by atoms with E-state index in [9.17, 15) is 0 Å². The fourth-order valence-electron chi connectivity index (χ4n) is 2.45. The molecule has 1 fully saturated rings. The van der Waals surface area contributed by atoms with Gasteiger partial charge in [0.1, 0.15) is 0 Å². The minimum absolute atomic E-state index is 0.0406. The van der Waals surface area contributed by atoms with Crippen molar-refractivity contribution >= 4 is 0 Å². The molecule has 82 valence electrons. The number of hydrogen-bond acceptors (Lipinski definition) is 1. The Bertz CT molecular complexity index is 306. The van der Waals surface area contributed by atoms with Crippen LogP contribution in [0.1, 0.15) is 45.1 Å². The van der Waals surface area contributed by atoms with Gasteiger partial charge in [0.2, 0.25) is 0 Å². The Morgan fingerprint density at radius 2 is 2.07 bits per heavy atom. The molecule has 0 unspecified atom stereocenters. The van der Waals surface area contributed by atoms with Gasteiger partial charge in [0.15, 0.2) is 0 Å². The summed E-state index contributed by atoms with van der Waals surface area (Å²) >= 11 is 0. The van der Waals surface area contributed by atoms with E-state index >= 15 is 0 Å². The Morgan fingerprint density at radius 1 is 1.33 bits per heavy atom. The summed E-state index contributed by atoms with van der Waals surface area (Å²) in [6.07, 6.45) is 5.25. The van der Waals surface area contributed by atoms with Crippen molar-refractivity contribution in [2.45, 2.75) is 51.2 Å². The summed E-state index contributed by atoms with van der Waals surface area (Å²) in [4.78, 5) is 0. The first-order chi connectivity index (χ1) is 7.24. The molecule has 1 aromatic carbocycles. The molecule has 2 rings (SSSR count). The Morgan fingerprint density at radius 3 is 2.73 bits per heavy atom. The standard InChI is InChI=1S/C14H20O/c1-3-7-13-10-11-14(2,15-13)12-8-5-4-6-9-12/h4-6,8-9,13H,3,7,10-11H2,1-2H3/t13-,14-/m1/s1. The van der Waals surface area contributed by atoms with E-state index in [-0.39, 0.29) is 5.60 Å². The Balaban J connectivity index is 2.10. The van der Waals surface area contributed by atoms with E-state index in [2.05, 4.69) is 44.2 Å². The second-order valence-corrected chi connectivity index (χ2v) is 4.66. The van der Waals surface area contributed by atoms with Crippen molar-refractivity contribution in [2.24, 2.45) is 0 Å². The molecule has 0 radical (unpaired) electrons. The first-order valence-corrected chi connectivity index (χ1v) is 5.98. The van der Waals surface area contributed by atoms with Gasteiger partial charge in [-0.3, -0.25) is 0 Å². The van der Waals surface area contributed by atoms with Crippen molar-refractivity contribution in [2.75, 3.05) is 0 Å². The molecule has 1 heterocycles. The van der Waals surface area contributed by atoms with Gasteiger partial charge in [-0.1, -0.05) is 43.7 Å². The summed E-state index contributed by atoms with van der Waals surface area (Å²) in [6.45, 7) is 4.44. The highest BCUT2D eigenvalue weighted by atomic mass is 16.5. The molecule has 0 bridgehead atoms. The van der Waals surface area contributed by atoms with E-state index in [1.807, 2.05) is 0 Å². The fraction of sp³-hybridized carbons (Fsp3) is 0.571. The lowest BCUT2D eigenvalue weighted by atomic mass is 9.93. The quantitative estimate of drug-likeness (QED) is 0.726. The van der Waals surface area contributed by atoms with Crippen molar-refractivity contribution in [3.63, 3.8) is 0 Å². The molecule has 0 amide bonds. The molecule has 1 saturated heterocycles. The average molecular weight is 204 g/mol. The molecule has 1 aliphatic rings. The summed E-state index contributed by atoms with van der Waals surface area (Å²) in [6, 6.07) is 10.6. The summed E-state index contributed by atoms with van der Waals surface area (Å²) in [7, 11) is 0. The van der Waals surface area contributed by atoms with E-state index in [0.717, 1.165) is 6.42 Å². The Kier molecular flexibility index (Phi) is 3.11. The van der Waals surface area contributed by atoms with Crippen LogP contribution in [0.4, 0.5) is 0 Å². The van der Waals surface area contributed by atoms with Crippen LogP contribution in [0.25, 0.3) is 0 Å². The third-order valence-corrected chi connectivity index (χ3v) is 3.37. The normalized spacial score (nSPS) is 30.7. The predicted octanol–water partition coefficient (Wildman–Crippen LogP) is 3.88. The van der Waals surface area contributed by atoms with Gasteiger partial charge < -0.3 is 4.74 Å². The van der Waals surface area contributed by atoms with Gasteiger partial charge in [0, 0.05) is 0 Å². The topological polar surface area (TPSA) is 9.23 Å². The van der Waals surface area contributed by atoms with Gasteiger partial charge in [-0.2, -0.15) is 0 Å². The van der Waals surface area contributed by atoms with Crippen LogP contribution in [-0.4, -0.2) is 6.10 Å². The minimum Gasteiger partial charge on any atom is -0.367 e. The largest absolute Gasteiger partial charge is 0.367 e. The van der Waals surface area contributed by atoms with Crippen LogP contribution in [0, 0.1) is 0 Å². The van der Waals surface area contributed by atoms with E-state index < -0.39 is 0 Å². The lowest BCUT2D eigenvalue weighted by molar-refractivity contribution is -0.0353. The average Bonchev–Trinajstić information content (AvgIpc) is 2.64. The SMILES string of the molecule is CCC[C@@H]1CC[C@](C)(c2ccccc2)O1. The number of hydrogen-bond donors (Lipinski definition) is 0. The second kappa shape index (κ2) is 4.36. The molecule has 15 heavy (non-hydrogen) atoms. The van der Waals surface area contributed by atoms with Crippen LogP contribution in [0.5, 0.6) is 0 Å². The van der Waals surface area contributed by atoms with Crippen LogP contribution in [0.3, 0.4) is 0 Å². The molecule has 2 atom stereocenters. The van der Waals surface area contributed by atoms with Gasteiger partial charge in [0.25, 0.3) is 0 Å². The first kappa shape index (κ1) is 10.7. The third kappa shape index (κ3) is 2.23. The van der Waals surface area contributed by atoms with Crippen LogP contribution in [-0.2, 0) is 10.3 Å². The maximum Gasteiger partial charge on any atom is 0.0908 e. The zero-order valence-corrected chi connectivity index (χ0v) is 9.70. The number of rotatable bonds is 3. The summed E-state index contributed by atoms with van der Waals surface area (Å²) in [5.41, 5.74) is 1.28. The van der Waals surface area contributed by atoms with Crippen molar-refractivity contribution in [1.29, 1.82) is 0 Å². The molecular formula is C14H20O. The highest BCUT2D eigenvalue weighted by molar-refractivity contribution is 5.22. The lowest BCUT2D eigenvalue weighted by Gasteiger charge is -2.25. The monoisotopic (exact) mass is 204 g/mol. The molecular weight excluding hydrogens is 184 g/mol. The van der Waals surface area contributed by atoms with Crippen LogP contribution >= 0.6 is 0 Å². The van der Waals surface area contributed by atoms with E-state index in [0.29, 0.717) is 6.10 Å². The zero-order valence-electron chi connectivity index (χ0n) is 9.70. The van der Waals surface area contributed by atoms with Gasteiger partial charge in [-0.25, -0.2) is 0 Å². The summed E-state index contributed by atoms with van der Waals surface area (Å²) in [5.74, 6) is 0. The van der Waals surface area contributed by atoms with Crippen molar-refractivity contribution in [3.8, 4) is 0 Å². The van der Waals surface area contributed by atoms with Crippen molar-refractivity contribution in [3.05, 3.63) is 35.9 Å². The van der Waals surface area contributed by atoms with Crippen molar-refractivity contribution in [1.82, 2.24) is 0 Å². The highest BCUT2D eigenvalue weighted by Crippen LogP contribution is 2.39. The molecule has 1 nitrogen and oxygen atoms in total. The van der Waals surface area contributed by atoms with E-state index in [4.69, 9.17) is 4.74 Å². The van der Waals surface area contributed by atoms with E-state index in [1.54, 1.807) is 0 Å². The van der Waals surface area contributed by atoms with Gasteiger partial charge >= 0.3 is 0 Å². The summed E-state index contributed by atoms with van der Waals surface area (Å²) < 4.78 is 6.18. The Labute approximate surface area is 92.5 Å². The molecule has 0 N–H and O–H groups in total. The maximum absolute atomic E-state index is 6.18. The van der Waals surface area contributed by atoms with Gasteiger partial charge in [-0.05, 0) is 31.7 Å². The molecule has 1 heteroatoms. The second-order valence-electron chi connectivity index (χ2n) is 4.66. The molecule has 0 aliphatic carbocycles. The van der Waals surface area contributed by atoms with E-state index in [1.165, 1.54) is 24.8 Å². The molecule has 0 spiro atoms. The molecule has 1 aliphatic heterocycles. The zero-order chi connectivity index (χ0) is 10.7. The molecule has 0 saturated carbocycles. The van der Waals surface area contributed by atoms with Crippen LogP contribution in [0.15, 0.2) is 30.3 Å². The number of benzene rings is 1. The van der Waals surface area contributed by atoms with Crippen LogP contribution in [0.2, 0.25) is 0 Å². The number of ether oxygens (including phenoxy) is 1. The fourth-order valence-corrected chi connectivity index (χ4v) is 2.45. The predicted molar refractivity (Wildman–Crippen MR) is 62.8 cm³/mol. The van der Waals surface area contributed by atoms with Crippen molar-refractivity contribution < 1.29 is 4.74 Å². The smallest absolute Gasteiger partial charge is 0.0908 e. The molecule has 0 aromatic heterocycles. The summed E-state index contributed by atoms with van der Waals surface area (Å²) in [5, 5.41) is 0. The molecule has 1 aromatic rings. The highest BCUT2D eigenvalue weighted by Gasteiger charge is 2.36. The third-order valence-electron chi connectivity index (χ3n) is 3.37. The van der Waals surface area contributed by atoms with Gasteiger partial charge in [-0.15, -0.1) is 0 Å². The minimum atomic E-state index is -0.0406. The van der Waals surface area contributed by atoms with Gasteiger partial charge in [0.05, 0.1) is 11.7 Å². The first-order valence-electron chi connectivity index (χ1n) is 5.98. The lowest BCUT2D eigenvalue weighted by Crippen LogP contribution is -2.22. The Hall–Kier alpha value is -0.820. The maximum atomic E-state index is 6.18. The van der Waals surface area contributed by atoms with Crippen LogP contribution < -0.4 is 0 Å².